The molecule has 1 fully saturated rings. The molecule has 3 rings (SSSR count). The molecule has 33 heavy (non-hydrogen) atoms. The summed E-state index contributed by atoms with van der Waals surface area (Å²) in [6.45, 7) is 1.76. The van der Waals surface area contributed by atoms with Crippen LogP contribution >= 0.6 is 0 Å². The number of primary amides is 1. The molecule has 2 N–H and O–H groups in total. The zero-order valence-corrected chi connectivity index (χ0v) is 17.8. The number of alkyl halides is 6. The van der Waals surface area contributed by atoms with E-state index in [0.717, 1.165) is 5.56 Å². The first-order valence-electron chi connectivity index (χ1n) is 10.4. The van der Waals surface area contributed by atoms with Crippen molar-refractivity contribution in [3.63, 3.8) is 0 Å². The summed E-state index contributed by atoms with van der Waals surface area (Å²) in [4.78, 5) is 13.7. The molecule has 0 spiro atoms. The molecule has 2 aromatic carbocycles. The summed E-state index contributed by atoms with van der Waals surface area (Å²) in [6.07, 6.45) is -9.27. The third-order valence-corrected chi connectivity index (χ3v) is 5.78. The highest BCUT2D eigenvalue weighted by Gasteiger charge is 2.39. The Balaban J connectivity index is 1.90. The largest absolute Gasteiger partial charge is 0.416 e. The fraction of sp³-hybridized carbons (Fsp3) is 0.435. The molecule has 0 aliphatic carbocycles. The molecule has 1 aliphatic heterocycles. The molecule has 0 radical (unpaired) electrons. The molecule has 3 atom stereocenters. The number of piperidine rings is 1. The highest BCUT2D eigenvalue weighted by atomic mass is 19.4. The van der Waals surface area contributed by atoms with Gasteiger partial charge in [-0.3, -0.25) is 9.69 Å². The minimum absolute atomic E-state index is 0.0904. The van der Waals surface area contributed by atoms with Crippen molar-refractivity contribution in [2.24, 2.45) is 5.73 Å². The van der Waals surface area contributed by atoms with Gasteiger partial charge >= 0.3 is 12.4 Å². The Hall–Kier alpha value is -2.59. The maximum Gasteiger partial charge on any atom is 0.416 e. The van der Waals surface area contributed by atoms with Crippen LogP contribution in [-0.2, 0) is 28.5 Å². The van der Waals surface area contributed by atoms with Crippen LogP contribution in [0, 0.1) is 0 Å². The zero-order chi connectivity index (χ0) is 24.4. The number of rotatable bonds is 6. The van der Waals surface area contributed by atoms with Crippen LogP contribution in [0.25, 0.3) is 0 Å². The lowest BCUT2D eigenvalue weighted by atomic mass is 9.90. The van der Waals surface area contributed by atoms with Crippen molar-refractivity contribution >= 4 is 5.91 Å². The number of likely N-dealkylation sites (tertiary alicyclic amines) is 1. The number of halogens is 6. The first-order valence-corrected chi connectivity index (χ1v) is 10.4. The normalized spacial score (nSPS) is 21.1. The number of hydrogen-bond donors (Lipinski definition) is 1. The SMILES string of the molecule is CC(C(N)=O)N1CCCC(OCc2cc(C(F)(F)F)cc(C(F)(F)F)c2)C1c1ccccc1. The standard InChI is InChI=1S/C23H24F6N2O2/c1-14(21(30)32)31-9-5-8-19(20(31)16-6-3-2-4-7-16)33-13-15-10-17(22(24,25)26)12-18(11-15)23(27,28)29/h2-4,6-7,10-12,14,19-20H,5,8-9,13H2,1H3,(H2,30,32). The van der Waals surface area contributed by atoms with Crippen LogP contribution in [0.3, 0.4) is 0 Å². The van der Waals surface area contributed by atoms with E-state index in [9.17, 15) is 31.1 Å². The van der Waals surface area contributed by atoms with Crippen LogP contribution in [0.15, 0.2) is 48.5 Å². The Bertz CT molecular complexity index is 929. The van der Waals surface area contributed by atoms with E-state index in [0.29, 0.717) is 31.5 Å². The smallest absolute Gasteiger partial charge is 0.372 e. The molecule has 1 heterocycles. The Morgan fingerprint density at radius 1 is 1.06 bits per heavy atom. The lowest BCUT2D eigenvalue weighted by molar-refractivity contribution is -0.143. The van der Waals surface area contributed by atoms with Gasteiger partial charge in [-0.2, -0.15) is 26.3 Å². The van der Waals surface area contributed by atoms with E-state index in [1.165, 1.54) is 0 Å². The number of carbonyl (C=O) groups is 1. The van der Waals surface area contributed by atoms with Crippen molar-refractivity contribution in [1.82, 2.24) is 4.90 Å². The third kappa shape index (κ3) is 6.05. The number of benzene rings is 2. The van der Waals surface area contributed by atoms with Crippen molar-refractivity contribution < 1.29 is 35.9 Å². The average molecular weight is 474 g/mol. The van der Waals surface area contributed by atoms with Gasteiger partial charge in [0.15, 0.2) is 0 Å². The summed E-state index contributed by atoms with van der Waals surface area (Å²) in [5.74, 6) is -0.538. The number of nitrogens with zero attached hydrogens (tertiary/aromatic N) is 1. The second kappa shape index (κ2) is 9.72. The van der Waals surface area contributed by atoms with Gasteiger partial charge in [0.05, 0.1) is 35.9 Å². The van der Waals surface area contributed by atoms with E-state index in [4.69, 9.17) is 10.5 Å². The Morgan fingerprint density at radius 2 is 1.64 bits per heavy atom. The molecule has 0 saturated carbocycles. The van der Waals surface area contributed by atoms with Crippen LogP contribution in [-0.4, -0.2) is 29.5 Å². The lowest BCUT2D eigenvalue weighted by Gasteiger charge is -2.43. The fourth-order valence-electron chi connectivity index (χ4n) is 4.12. The van der Waals surface area contributed by atoms with E-state index in [2.05, 4.69) is 0 Å². The molecular formula is C23H24F6N2O2. The average Bonchev–Trinajstić information content (AvgIpc) is 2.76. The summed E-state index contributed by atoms with van der Waals surface area (Å²) in [5.41, 5.74) is 3.31. The minimum atomic E-state index is -4.93. The summed E-state index contributed by atoms with van der Waals surface area (Å²) in [6, 6.07) is 9.44. The van der Waals surface area contributed by atoms with E-state index in [1.807, 2.05) is 23.1 Å². The van der Waals surface area contributed by atoms with Crippen LogP contribution in [0.1, 0.15) is 48.1 Å². The molecule has 4 nitrogen and oxygen atoms in total. The predicted molar refractivity (Wildman–Crippen MR) is 109 cm³/mol. The molecule has 1 aliphatic rings. The van der Waals surface area contributed by atoms with Crippen molar-refractivity contribution in [2.45, 2.75) is 56.9 Å². The predicted octanol–water partition coefficient (Wildman–Crippen LogP) is 5.32. The number of ether oxygens (including phenoxy) is 1. The van der Waals surface area contributed by atoms with Gasteiger partial charge in [-0.05, 0) is 55.6 Å². The number of nitrogens with two attached hydrogens (primary N) is 1. The molecule has 0 aromatic heterocycles. The molecule has 2 aromatic rings. The fourth-order valence-corrected chi connectivity index (χ4v) is 4.12. The Labute approximate surface area is 187 Å². The van der Waals surface area contributed by atoms with Gasteiger partial charge < -0.3 is 10.5 Å². The van der Waals surface area contributed by atoms with E-state index in [-0.39, 0.29) is 11.6 Å². The quantitative estimate of drug-likeness (QED) is 0.577. The first kappa shape index (κ1) is 25.0. The molecule has 1 saturated heterocycles. The number of amides is 1. The van der Waals surface area contributed by atoms with Gasteiger partial charge in [0, 0.05) is 0 Å². The lowest BCUT2D eigenvalue weighted by Crippen LogP contribution is -2.51. The van der Waals surface area contributed by atoms with Gasteiger partial charge in [-0.25, -0.2) is 0 Å². The van der Waals surface area contributed by atoms with Gasteiger partial charge in [0.2, 0.25) is 5.91 Å². The van der Waals surface area contributed by atoms with Crippen molar-refractivity contribution in [3.05, 3.63) is 70.8 Å². The molecule has 3 unspecified atom stereocenters. The Morgan fingerprint density at radius 3 is 2.15 bits per heavy atom. The second-order valence-corrected chi connectivity index (χ2v) is 8.08. The molecule has 10 heteroatoms. The van der Waals surface area contributed by atoms with E-state index >= 15 is 0 Å². The summed E-state index contributed by atoms with van der Waals surface area (Å²) < 4.78 is 84.9. The Kier molecular flexibility index (Phi) is 7.38. The minimum Gasteiger partial charge on any atom is -0.372 e. The van der Waals surface area contributed by atoms with Crippen LogP contribution in [0.4, 0.5) is 26.3 Å². The van der Waals surface area contributed by atoms with Crippen LogP contribution in [0.5, 0.6) is 0 Å². The van der Waals surface area contributed by atoms with Crippen molar-refractivity contribution in [3.8, 4) is 0 Å². The highest BCUT2D eigenvalue weighted by molar-refractivity contribution is 5.79. The van der Waals surface area contributed by atoms with E-state index < -0.39 is 54.2 Å². The summed E-state index contributed by atoms with van der Waals surface area (Å²) in [5, 5.41) is 0. The summed E-state index contributed by atoms with van der Waals surface area (Å²) >= 11 is 0. The van der Waals surface area contributed by atoms with Crippen LogP contribution in [0.2, 0.25) is 0 Å². The highest BCUT2D eigenvalue weighted by Crippen LogP contribution is 2.38. The molecule has 180 valence electrons. The second-order valence-electron chi connectivity index (χ2n) is 8.08. The maximum absolute atomic E-state index is 13.2. The molecular weight excluding hydrogens is 450 g/mol. The third-order valence-electron chi connectivity index (χ3n) is 5.78. The van der Waals surface area contributed by atoms with Gasteiger partial charge in [-0.1, -0.05) is 30.3 Å². The molecule has 0 bridgehead atoms. The monoisotopic (exact) mass is 474 g/mol. The van der Waals surface area contributed by atoms with Crippen molar-refractivity contribution in [2.75, 3.05) is 6.54 Å². The van der Waals surface area contributed by atoms with Gasteiger partial charge in [0.1, 0.15) is 0 Å². The number of hydrogen-bond acceptors (Lipinski definition) is 3. The van der Waals surface area contributed by atoms with Gasteiger partial charge in [-0.15, -0.1) is 0 Å². The zero-order valence-electron chi connectivity index (χ0n) is 17.8. The van der Waals surface area contributed by atoms with Crippen LogP contribution < -0.4 is 5.73 Å². The van der Waals surface area contributed by atoms with E-state index in [1.54, 1.807) is 19.1 Å². The first-order chi connectivity index (χ1) is 15.4. The summed E-state index contributed by atoms with van der Waals surface area (Å²) in [7, 11) is 0. The topological polar surface area (TPSA) is 55.6 Å². The number of carbonyl (C=O) groups excluding carboxylic acids is 1. The molecule has 1 amide bonds. The maximum atomic E-state index is 13.2. The van der Waals surface area contributed by atoms with Gasteiger partial charge in [0.25, 0.3) is 0 Å². The van der Waals surface area contributed by atoms with Crippen molar-refractivity contribution in [1.29, 1.82) is 0 Å².